The summed E-state index contributed by atoms with van der Waals surface area (Å²) in [5.74, 6) is 1.88. The lowest BCUT2D eigenvalue weighted by atomic mass is 9.33. The average molecular weight is 812 g/mol. The van der Waals surface area contributed by atoms with Crippen molar-refractivity contribution in [1.29, 1.82) is 0 Å². The first kappa shape index (κ1) is 35.5. The largest absolute Gasteiger partial charge is 0.458 e. The summed E-state index contributed by atoms with van der Waals surface area (Å²) in [6, 6.07) is 83.2. The fourth-order valence-corrected chi connectivity index (χ4v) is 11.6. The van der Waals surface area contributed by atoms with Crippen LogP contribution >= 0.6 is 0 Å². The van der Waals surface area contributed by atoms with Gasteiger partial charge in [-0.1, -0.05) is 187 Å². The van der Waals surface area contributed by atoms with Crippen molar-refractivity contribution >= 4 is 44.9 Å². The van der Waals surface area contributed by atoms with E-state index in [2.05, 4.69) is 229 Å². The molecule has 0 amide bonds. The molecule has 3 aliphatic rings. The van der Waals surface area contributed by atoms with Crippen molar-refractivity contribution in [3.8, 4) is 72.8 Å². The summed E-state index contributed by atoms with van der Waals surface area (Å²) >= 11 is 0. The molecular formula is C61H38BNO. The molecular weight excluding hydrogens is 773 g/mol. The molecule has 2 aliphatic heterocycles. The van der Waals surface area contributed by atoms with Crippen LogP contribution in [-0.2, 0) is 0 Å². The molecule has 1 unspecified atom stereocenters. The van der Waals surface area contributed by atoms with Crippen molar-refractivity contribution in [1.82, 2.24) is 4.57 Å². The minimum absolute atomic E-state index is 0.0555. The minimum atomic E-state index is -0.0857. The normalized spacial score (nSPS) is 13.9. The summed E-state index contributed by atoms with van der Waals surface area (Å²) in [4.78, 5) is 0. The van der Waals surface area contributed by atoms with Crippen LogP contribution in [0.25, 0.3) is 83.1 Å². The quantitative estimate of drug-likeness (QED) is 0.162. The molecule has 0 bridgehead atoms. The Morgan fingerprint density at radius 3 is 1.75 bits per heavy atom. The molecule has 0 N–H and O–H groups in total. The average Bonchev–Trinajstić information content (AvgIpc) is 3.89. The van der Waals surface area contributed by atoms with Crippen LogP contribution in [0.3, 0.4) is 0 Å². The van der Waals surface area contributed by atoms with Crippen molar-refractivity contribution in [3.63, 3.8) is 0 Å². The van der Waals surface area contributed by atoms with E-state index >= 15 is 0 Å². The summed E-state index contributed by atoms with van der Waals surface area (Å²) in [7, 11) is 0. The maximum Gasteiger partial charge on any atom is 0.253 e. The van der Waals surface area contributed by atoms with Crippen LogP contribution in [0, 0.1) is 0 Å². The number of benzene rings is 10. The predicted molar refractivity (Wildman–Crippen MR) is 267 cm³/mol. The van der Waals surface area contributed by atoms with Crippen molar-refractivity contribution in [2.24, 2.45) is 0 Å². The van der Waals surface area contributed by atoms with Gasteiger partial charge in [-0.3, -0.25) is 0 Å². The van der Waals surface area contributed by atoms with Crippen LogP contribution < -0.4 is 21.1 Å². The molecule has 64 heavy (non-hydrogen) atoms. The number of fused-ring (bicyclic) bond motifs is 15. The van der Waals surface area contributed by atoms with Gasteiger partial charge in [0.2, 0.25) is 0 Å². The van der Waals surface area contributed by atoms with E-state index in [9.17, 15) is 0 Å². The fraction of sp³-hybridized carbons (Fsp3) is 0.0164. The van der Waals surface area contributed by atoms with Crippen LogP contribution in [0.4, 0.5) is 0 Å². The zero-order valence-electron chi connectivity index (χ0n) is 34.9. The number of rotatable bonds is 3. The highest BCUT2D eigenvalue weighted by atomic mass is 16.5. The van der Waals surface area contributed by atoms with Crippen LogP contribution in [-0.4, -0.2) is 11.3 Å². The fourth-order valence-electron chi connectivity index (χ4n) is 11.6. The molecule has 0 spiro atoms. The summed E-state index contributed by atoms with van der Waals surface area (Å²) in [5.41, 5.74) is 23.6. The first-order valence-corrected chi connectivity index (χ1v) is 22.3. The lowest BCUT2D eigenvalue weighted by Gasteiger charge is -2.31. The van der Waals surface area contributed by atoms with E-state index in [1.54, 1.807) is 0 Å². The molecule has 2 nitrogen and oxygen atoms in total. The van der Waals surface area contributed by atoms with Crippen LogP contribution in [0.15, 0.2) is 224 Å². The summed E-state index contributed by atoms with van der Waals surface area (Å²) in [5, 5.41) is 2.54. The van der Waals surface area contributed by atoms with Crippen LogP contribution in [0.1, 0.15) is 22.6 Å². The summed E-state index contributed by atoms with van der Waals surface area (Å²) < 4.78 is 9.28. The minimum Gasteiger partial charge on any atom is -0.458 e. The second-order valence-corrected chi connectivity index (χ2v) is 17.4. The molecule has 0 saturated carbocycles. The predicted octanol–water partition coefficient (Wildman–Crippen LogP) is 13.5. The Morgan fingerprint density at radius 2 is 0.938 bits per heavy atom. The van der Waals surface area contributed by atoms with Gasteiger partial charge < -0.3 is 9.30 Å². The van der Waals surface area contributed by atoms with Gasteiger partial charge in [-0.05, 0) is 126 Å². The lowest BCUT2D eigenvalue weighted by Crippen LogP contribution is -2.56. The third-order valence-electron chi connectivity index (χ3n) is 14.2. The summed E-state index contributed by atoms with van der Waals surface area (Å²) in [6.45, 7) is -0.0857. The number of aromatic nitrogens is 1. The van der Waals surface area contributed by atoms with Gasteiger partial charge in [-0.25, -0.2) is 0 Å². The molecule has 0 fully saturated rings. The van der Waals surface area contributed by atoms with Gasteiger partial charge in [-0.2, -0.15) is 0 Å². The third-order valence-corrected chi connectivity index (χ3v) is 14.2. The highest BCUT2D eigenvalue weighted by Gasteiger charge is 2.40. The topological polar surface area (TPSA) is 14.2 Å². The van der Waals surface area contributed by atoms with Crippen molar-refractivity contribution < 1.29 is 4.74 Å². The maximum atomic E-state index is 6.84. The second kappa shape index (κ2) is 13.7. The number of hydrogen-bond donors (Lipinski definition) is 0. The van der Waals surface area contributed by atoms with Gasteiger partial charge in [0.05, 0.1) is 11.0 Å². The van der Waals surface area contributed by atoms with Crippen molar-refractivity contribution in [3.05, 3.63) is 241 Å². The molecule has 11 aromatic rings. The molecule has 3 heterocycles. The molecule has 0 saturated heterocycles. The summed E-state index contributed by atoms with van der Waals surface area (Å²) in [6.07, 6.45) is 0. The van der Waals surface area contributed by atoms with Crippen molar-refractivity contribution in [2.75, 3.05) is 0 Å². The Bertz CT molecular complexity index is 3680. The Morgan fingerprint density at radius 1 is 0.359 bits per heavy atom. The number of para-hydroxylation sites is 3. The number of nitrogens with zero attached hydrogens (tertiary/aromatic N) is 1. The number of hydrogen-bond acceptors (Lipinski definition) is 1. The molecule has 1 aromatic heterocycles. The van der Waals surface area contributed by atoms with E-state index in [4.69, 9.17) is 4.74 Å². The van der Waals surface area contributed by atoms with Crippen LogP contribution in [0.2, 0.25) is 0 Å². The zero-order valence-corrected chi connectivity index (χ0v) is 34.9. The molecule has 0 radical (unpaired) electrons. The van der Waals surface area contributed by atoms with Gasteiger partial charge in [0.25, 0.3) is 6.71 Å². The standard InChI is InChI=1S/C61H38BNO/c1-2-16-38(17-3-1)41-24-14-25-51-52-36-39(32-34-45(52)42-18-4-5-19-43(42)50-26-15-31-58-61(50)62(60(41)51)54-27-10-13-30-57(54)64-58)59-48-23-7-6-20-44(48)53-37-40(33-35-49(53)59)63-55-28-11-8-21-46(55)47-22-9-12-29-56(47)63/h1-37,59H. The van der Waals surface area contributed by atoms with E-state index in [-0.39, 0.29) is 12.6 Å². The lowest BCUT2D eigenvalue weighted by molar-refractivity contribution is 0.487. The Kier molecular flexibility index (Phi) is 7.58. The monoisotopic (exact) mass is 811 g/mol. The highest BCUT2D eigenvalue weighted by molar-refractivity contribution is 6.99. The number of ether oxygens (including phenoxy) is 1. The zero-order chi connectivity index (χ0) is 41.9. The van der Waals surface area contributed by atoms with Gasteiger partial charge in [0.1, 0.15) is 11.5 Å². The van der Waals surface area contributed by atoms with Gasteiger partial charge in [0, 0.05) is 22.4 Å². The van der Waals surface area contributed by atoms with E-state index in [1.165, 1.54) is 116 Å². The van der Waals surface area contributed by atoms with Crippen molar-refractivity contribution in [2.45, 2.75) is 5.92 Å². The highest BCUT2D eigenvalue weighted by Crippen LogP contribution is 2.51. The maximum absolute atomic E-state index is 6.84. The molecule has 1 atom stereocenters. The first-order chi connectivity index (χ1) is 31.8. The van der Waals surface area contributed by atoms with E-state index in [0.29, 0.717) is 0 Å². The smallest absolute Gasteiger partial charge is 0.253 e. The SMILES string of the molecule is c1ccc(-c2cccc3c2B2c4ccccc4Oc4cccc(c42)-c2ccccc2-c2ccc(C4c5ccccc5-c5cc(-n6c7ccccc7c7ccccc76)ccc54)cc2-3)cc1. The van der Waals surface area contributed by atoms with E-state index in [0.717, 1.165) is 11.5 Å². The Hall–Kier alpha value is -8.14. The van der Waals surface area contributed by atoms with Crippen LogP contribution in [0.5, 0.6) is 11.5 Å². The Balaban J connectivity index is 1.04. The first-order valence-electron chi connectivity index (χ1n) is 22.3. The molecule has 296 valence electrons. The Labute approximate surface area is 372 Å². The molecule has 10 aromatic carbocycles. The molecule has 1 aliphatic carbocycles. The van der Waals surface area contributed by atoms with Gasteiger partial charge in [0.15, 0.2) is 0 Å². The van der Waals surface area contributed by atoms with Gasteiger partial charge >= 0.3 is 0 Å². The van der Waals surface area contributed by atoms with E-state index < -0.39 is 0 Å². The van der Waals surface area contributed by atoms with Gasteiger partial charge in [-0.15, -0.1) is 0 Å². The second-order valence-electron chi connectivity index (χ2n) is 17.4. The van der Waals surface area contributed by atoms with E-state index in [1.807, 2.05) is 0 Å². The third kappa shape index (κ3) is 5.04. The molecule has 14 rings (SSSR count). The molecule has 3 heteroatoms.